The third-order valence-corrected chi connectivity index (χ3v) is 4.85. The molecule has 1 spiro atoms. The Morgan fingerprint density at radius 1 is 1.26 bits per heavy atom. The van der Waals surface area contributed by atoms with E-state index in [0.29, 0.717) is 12.0 Å². The quantitative estimate of drug-likeness (QED) is 0.832. The van der Waals surface area contributed by atoms with Crippen LogP contribution in [-0.2, 0) is 14.2 Å². The second kappa shape index (κ2) is 7.02. The maximum absolute atomic E-state index is 6.40. The lowest BCUT2D eigenvalue weighted by Gasteiger charge is -2.44. The van der Waals surface area contributed by atoms with E-state index in [1.165, 1.54) is 0 Å². The summed E-state index contributed by atoms with van der Waals surface area (Å²) in [5.41, 5.74) is 6.46. The third-order valence-electron chi connectivity index (χ3n) is 4.85. The minimum absolute atomic E-state index is 0.0612. The van der Waals surface area contributed by atoms with E-state index in [1.54, 1.807) is 7.11 Å². The Labute approximate surface area is 117 Å². The Balaban J connectivity index is 1.82. The molecule has 2 saturated heterocycles. The average molecular weight is 271 g/mol. The lowest BCUT2D eigenvalue weighted by Crippen LogP contribution is -2.48. The molecule has 3 unspecified atom stereocenters. The molecule has 0 radical (unpaired) electrons. The van der Waals surface area contributed by atoms with Crippen LogP contribution in [0.5, 0.6) is 0 Å². The van der Waals surface area contributed by atoms with Crippen LogP contribution in [0.25, 0.3) is 0 Å². The Kier molecular flexibility index (Phi) is 5.63. The summed E-state index contributed by atoms with van der Waals surface area (Å²) in [7, 11) is 1.77. The van der Waals surface area contributed by atoms with Gasteiger partial charge in [0, 0.05) is 33.0 Å². The van der Waals surface area contributed by atoms with Gasteiger partial charge in [0.05, 0.1) is 11.7 Å². The fraction of sp³-hybridized carbons (Fsp3) is 1.00. The van der Waals surface area contributed by atoms with Crippen molar-refractivity contribution >= 4 is 0 Å². The van der Waals surface area contributed by atoms with Gasteiger partial charge in [0.1, 0.15) is 0 Å². The van der Waals surface area contributed by atoms with Crippen LogP contribution in [0.15, 0.2) is 0 Å². The molecule has 0 aromatic rings. The molecule has 0 aromatic carbocycles. The largest absolute Gasteiger partial charge is 0.382 e. The predicted octanol–water partition coefficient (Wildman–Crippen LogP) is 2.10. The molecule has 2 heterocycles. The van der Waals surface area contributed by atoms with Crippen molar-refractivity contribution in [1.82, 2.24) is 0 Å². The molecular weight excluding hydrogens is 242 g/mol. The molecular formula is C15H29NO3. The molecule has 2 rings (SSSR count). The average Bonchev–Trinajstić information content (AvgIpc) is 2.45. The van der Waals surface area contributed by atoms with Crippen molar-refractivity contribution in [2.45, 2.75) is 63.2 Å². The van der Waals surface area contributed by atoms with Crippen molar-refractivity contribution < 1.29 is 14.2 Å². The van der Waals surface area contributed by atoms with E-state index in [2.05, 4.69) is 6.92 Å². The molecule has 4 nitrogen and oxygen atoms in total. The van der Waals surface area contributed by atoms with Gasteiger partial charge in [-0.2, -0.15) is 0 Å². The second-order valence-corrected chi connectivity index (χ2v) is 6.18. The molecule has 0 saturated carbocycles. The van der Waals surface area contributed by atoms with E-state index in [1.807, 2.05) is 0 Å². The summed E-state index contributed by atoms with van der Waals surface area (Å²) in [6.07, 6.45) is 6.68. The zero-order valence-corrected chi connectivity index (χ0v) is 12.4. The summed E-state index contributed by atoms with van der Waals surface area (Å²) >= 11 is 0. The standard InChI is InChI=1S/C15H29NO3/c1-12(17-2)3-4-14(16)13-5-8-19-15(11-13)6-9-18-10-7-15/h12-14H,3-11,16H2,1-2H3. The maximum atomic E-state index is 6.40. The van der Waals surface area contributed by atoms with E-state index in [0.717, 1.165) is 58.3 Å². The Bertz CT molecular complexity index is 261. The van der Waals surface area contributed by atoms with Crippen molar-refractivity contribution in [3.05, 3.63) is 0 Å². The highest BCUT2D eigenvalue weighted by Crippen LogP contribution is 2.38. The van der Waals surface area contributed by atoms with E-state index in [4.69, 9.17) is 19.9 Å². The smallest absolute Gasteiger partial charge is 0.0729 e. The molecule has 0 amide bonds. The summed E-state index contributed by atoms with van der Waals surface area (Å²) in [6, 6.07) is 0.279. The van der Waals surface area contributed by atoms with Crippen molar-refractivity contribution in [1.29, 1.82) is 0 Å². The lowest BCUT2D eigenvalue weighted by atomic mass is 9.77. The summed E-state index contributed by atoms with van der Waals surface area (Å²) in [5.74, 6) is 0.593. The topological polar surface area (TPSA) is 53.7 Å². The van der Waals surface area contributed by atoms with Crippen LogP contribution < -0.4 is 5.73 Å². The normalized spacial score (nSPS) is 30.2. The fourth-order valence-corrected chi connectivity index (χ4v) is 3.30. The van der Waals surface area contributed by atoms with Crippen LogP contribution in [0, 0.1) is 5.92 Å². The SMILES string of the molecule is COC(C)CCC(N)C1CCOC2(CCOCC2)C1. The van der Waals surface area contributed by atoms with E-state index in [-0.39, 0.29) is 11.6 Å². The van der Waals surface area contributed by atoms with Gasteiger partial charge in [-0.3, -0.25) is 0 Å². The predicted molar refractivity (Wildman–Crippen MR) is 75.1 cm³/mol. The maximum Gasteiger partial charge on any atom is 0.0729 e. The van der Waals surface area contributed by atoms with Crippen LogP contribution in [-0.4, -0.2) is 44.7 Å². The van der Waals surface area contributed by atoms with Gasteiger partial charge < -0.3 is 19.9 Å². The van der Waals surface area contributed by atoms with E-state index < -0.39 is 0 Å². The zero-order valence-electron chi connectivity index (χ0n) is 12.4. The van der Waals surface area contributed by atoms with Gasteiger partial charge in [0.25, 0.3) is 0 Å². The molecule has 112 valence electrons. The van der Waals surface area contributed by atoms with Crippen molar-refractivity contribution in [3.63, 3.8) is 0 Å². The van der Waals surface area contributed by atoms with Crippen LogP contribution >= 0.6 is 0 Å². The van der Waals surface area contributed by atoms with Crippen LogP contribution in [0.2, 0.25) is 0 Å². The third kappa shape index (κ3) is 4.15. The molecule has 2 aliphatic rings. The first-order valence-corrected chi connectivity index (χ1v) is 7.65. The first-order valence-electron chi connectivity index (χ1n) is 7.65. The van der Waals surface area contributed by atoms with Crippen molar-refractivity contribution in [2.24, 2.45) is 11.7 Å². The lowest BCUT2D eigenvalue weighted by molar-refractivity contribution is -0.149. The minimum atomic E-state index is 0.0612. The molecule has 2 aliphatic heterocycles. The number of nitrogens with two attached hydrogens (primary N) is 1. The van der Waals surface area contributed by atoms with E-state index >= 15 is 0 Å². The van der Waals surface area contributed by atoms with Crippen LogP contribution in [0.4, 0.5) is 0 Å². The van der Waals surface area contributed by atoms with Crippen molar-refractivity contribution in [3.8, 4) is 0 Å². The number of hydrogen-bond donors (Lipinski definition) is 1. The van der Waals surface area contributed by atoms with Crippen LogP contribution in [0.1, 0.15) is 45.4 Å². The highest BCUT2D eigenvalue weighted by Gasteiger charge is 2.40. The van der Waals surface area contributed by atoms with Gasteiger partial charge in [-0.15, -0.1) is 0 Å². The number of rotatable bonds is 5. The molecule has 19 heavy (non-hydrogen) atoms. The summed E-state index contributed by atoms with van der Waals surface area (Å²) in [5, 5.41) is 0. The first kappa shape index (κ1) is 15.2. The number of methoxy groups -OCH3 is 1. The highest BCUT2D eigenvalue weighted by atomic mass is 16.5. The Morgan fingerprint density at radius 2 is 2.00 bits per heavy atom. The van der Waals surface area contributed by atoms with Gasteiger partial charge in [0.2, 0.25) is 0 Å². The molecule has 3 atom stereocenters. The highest BCUT2D eigenvalue weighted by molar-refractivity contribution is 4.92. The first-order chi connectivity index (χ1) is 9.15. The molecule has 4 heteroatoms. The van der Waals surface area contributed by atoms with Gasteiger partial charge in [0.15, 0.2) is 0 Å². The van der Waals surface area contributed by atoms with E-state index in [9.17, 15) is 0 Å². The van der Waals surface area contributed by atoms with Gasteiger partial charge in [-0.05, 0) is 51.4 Å². The summed E-state index contributed by atoms with van der Waals surface area (Å²) in [6.45, 7) is 4.64. The molecule has 2 fully saturated rings. The van der Waals surface area contributed by atoms with Crippen molar-refractivity contribution in [2.75, 3.05) is 26.9 Å². The fourth-order valence-electron chi connectivity index (χ4n) is 3.30. The summed E-state index contributed by atoms with van der Waals surface area (Å²) < 4.78 is 16.8. The molecule has 0 aromatic heterocycles. The molecule has 0 aliphatic carbocycles. The van der Waals surface area contributed by atoms with Gasteiger partial charge in [-0.25, -0.2) is 0 Å². The zero-order chi connectivity index (χ0) is 13.7. The number of hydrogen-bond acceptors (Lipinski definition) is 4. The van der Waals surface area contributed by atoms with Gasteiger partial charge >= 0.3 is 0 Å². The number of ether oxygens (including phenoxy) is 3. The van der Waals surface area contributed by atoms with Crippen LogP contribution in [0.3, 0.4) is 0 Å². The summed E-state index contributed by atoms with van der Waals surface area (Å²) in [4.78, 5) is 0. The Morgan fingerprint density at radius 3 is 2.68 bits per heavy atom. The Hall–Kier alpha value is -0.160. The minimum Gasteiger partial charge on any atom is -0.382 e. The molecule has 0 bridgehead atoms. The monoisotopic (exact) mass is 271 g/mol. The molecule has 2 N–H and O–H groups in total. The second-order valence-electron chi connectivity index (χ2n) is 6.18. The van der Waals surface area contributed by atoms with Gasteiger partial charge in [-0.1, -0.05) is 0 Å².